The Morgan fingerprint density at radius 2 is 1.39 bits per heavy atom. The van der Waals surface area contributed by atoms with Gasteiger partial charge in [0.2, 0.25) is 0 Å². The fraction of sp³-hybridized carbons (Fsp3) is 1.00. The van der Waals surface area contributed by atoms with E-state index in [2.05, 4.69) is 48.5 Å². The van der Waals surface area contributed by atoms with Crippen molar-refractivity contribution in [1.29, 1.82) is 0 Å². The van der Waals surface area contributed by atoms with E-state index in [-0.39, 0.29) is 5.04 Å². The third kappa shape index (κ3) is 5.85. The van der Waals surface area contributed by atoms with Gasteiger partial charge < -0.3 is 8.85 Å². The van der Waals surface area contributed by atoms with Gasteiger partial charge in [0.05, 0.1) is 0 Å². The Labute approximate surface area is 116 Å². The van der Waals surface area contributed by atoms with Crippen LogP contribution in [0.3, 0.4) is 0 Å². The summed E-state index contributed by atoms with van der Waals surface area (Å²) in [6, 6.07) is 1.12. The minimum absolute atomic E-state index is 0.145. The molecule has 0 N–H and O–H groups in total. The molecule has 0 rings (SSSR count). The molecule has 0 aliphatic rings. The summed E-state index contributed by atoms with van der Waals surface area (Å²) in [5, 5.41) is 0.145. The highest BCUT2D eigenvalue weighted by molar-refractivity contribution is 6.70. The highest BCUT2D eigenvalue weighted by Crippen LogP contribution is 2.42. The summed E-state index contributed by atoms with van der Waals surface area (Å²) in [6.45, 7) is 17.4. The lowest BCUT2D eigenvalue weighted by Gasteiger charge is -2.41. The Balaban J connectivity index is 4.87. The highest BCUT2D eigenvalue weighted by Gasteiger charge is 2.48. The second-order valence-corrected chi connectivity index (χ2v) is 10.7. The summed E-state index contributed by atoms with van der Waals surface area (Å²) in [5.74, 6) is 0.717. The second-order valence-electron chi connectivity index (χ2n) is 6.63. The summed E-state index contributed by atoms with van der Waals surface area (Å²) in [6.07, 6.45) is 3.35. The van der Waals surface area contributed by atoms with Gasteiger partial charge in [0.1, 0.15) is 0 Å². The number of hydrogen-bond donors (Lipinski definition) is 0. The van der Waals surface area contributed by atoms with Crippen LogP contribution in [0.25, 0.3) is 0 Å². The first-order valence-electron chi connectivity index (χ1n) is 7.57. The van der Waals surface area contributed by atoms with Crippen LogP contribution in [-0.2, 0) is 8.85 Å². The molecule has 0 radical (unpaired) electrons. The van der Waals surface area contributed by atoms with Crippen LogP contribution in [0.15, 0.2) is 0 Å². The fourth-order valence-electron chi connectivity index (χ4n) is 2.01. The van der Waals surface area contributed by atoms with Gasteiger partial charge in [-0.3, -0.25) is 0 Å². The Bertz CT molecular complexity index is 201. The van der Waals surface area contributed by atoms with E-state index in [0.29, 0.717) is 0 Å². The Hall–Kier alpha value is 0.137. The molecule has 0 bridgehead atoms. The lowest BCUT2D eigenvalue weighted by Crippen LogP contribution is -2.51. The first-order chi connectivity index (χ1) is 8.29. The first-order valence-corrected chi connectivity index (χ1v) is 9.59. The summed E-state index contributed by atoms with van der Waals surface area (Å²) < 4.78 is 12.6. The van der Waals surface area contributed by atoms with Crippen molar-refractivity contribution in [3.63, 3.8) is 0 Å². The molecule has 3 heteroatoms. The quantitative estimate of drug-likeness (QED) is 0.543. The van der Waals surface area contributed by atoms with Gasteiger partial charge >= 0.3 is 8.56 Å². The van der Waals surface area contributed by atoms with Gasteiger partial charge in [-0.25, -0.2) is 0 Å². The van der Waals surface area contributed by atoms with Gasteiger partial charge in [-0.05, 0) is 31.2 Å². The molecule has 0 unspecified atom stereocenters. The van der Waals surface area contributed by atoms with Crippen LogP contribution in [-0.4, -0.2) is 21.8 Å². The molecule has 0 heterocycles. The van der Waals surface area contributed by atoms with Crippen LogP contribution in [0.4, 0.5) is 0 Å². The van der Waals surface area contributed by atoms with E-state index < -0.39 is 8.56 Å². The second kappa shape index (κ2) is 8.34. The SMILES string of the molecule is CCCO[Si](CCC(C)C)(OCCC)C(C)(C)C. The molecule has 0 aliphatic carbocycles. The molecule has 18 heavy (non-hydrogen) atoms. The van der Waals surface area contributed by atoms with Crippen LogP contribution in [0.5, 0.6) is 0 Å². The smallest absolute Gasteiger partial charge is 0.343 e. The normalized spacial score (nSPS) is 13.3. The fourth-order valence-corrected chi connectivity index (χ4v) is 6.02. The van der Waals surface area contributed by atoms with E-state index in [4.69, 9.17) is 8.85 Å². The average Bonchev–Trinajstić information content (AvgIpc) is 2.26. The Morgan fingerprint density at radius 3 is 1.67 bits per heavy atom. The van der Waals surface area contributed by atoms with Crippen molar-refractivity contribution in [1.82, 2.24) is 0 Å². The van der Waals surface area contributed by atoms with Crippen LogP contribution in [0, 0.1) is 5.92 Å². The lowest BCUT2D eigenvalue weighted by molar-refractivity contribution is 0.145. The molecule has 0 saturated carbocycles. The van der Waals surface area contributed by atoms with Crippen molar-refractivity contribution in [3.05, 3.63) is 0 Å². The molecule has 0 saturated heterocycles. The monoisotopic (exact) mass is 274 g/mol. The topological polar surface area (TPSA) is 18.5 Å². The van der Waals surface area contributed by atoms with Crippen molar-refractivity contribution in [2.45, 2.75) is 78.8 Å². The summed E-state index contributed by atoms with van der Waals surface area (Å²) in [5.41, 5.74) is 0. The molecule has 0 aromatic carbocycles. The standard InChI is InChI=1S/C15H34O2Si/c1-8-11-16-18(15(5,6)7,17-12-9-2)13-10-14(3)4/h14H,8-13H2,1-7H3. The summed E-state index contributed by atoms with van der Waals surface area (Å²) in [4.78, 5) is 0. The van der Waals surface area contributed by atoms with Gasteiger partial charge in [-0.15, -0.1) is 0 Å². The zero-order chi connectivity index (χ0) is 14.2. The van der Waals surface area contributed by atoms with E-state index in [1.165, 1.54) is 6.42 Å². The average molecular weight is 275 g/mol. The van der Waals surface area contributed by atoms with E-state index in [0.717, 1.165) is 38.0 Å². The number of rotatable bonds is 9. The van der Waals surface area contributed by atoms with Crippen LogP contribution in [0.2, 0.25) is 11.1 Å². The van der Waals surface area contributed by atoms with E-state index in [1.54, 1.807) is 0 Å². The molecular weight excluding hydrogens is 240 g/mol. The zero-order valence-corrected chi connectivity index (χ0v) is 14.6. The largest absolute Gasteiger partial charge is 0.394 e. The van der Waals surface area contributed by atoms with E-state index in [1.807, 2.05) is 0 Å². The Kier molecular flexibility index (Phi) is 8.40. The van der Waals surface area contributed by atoms with Crippen molar-refractivity contribution >= 4 is 8.56 Å². The van der Waals surface area contributed by atoms with Crippen LogP contribution in [0.1, 0.15) is 67.7 Å². The number of hydrogen-bond acceptors (Lipinski definition) is 2. The predicted molar refractivity (Wildman–Crippen MR) is 82.2 cm³/mol. The predicted octanol–water partition coefficient (Wildman–Crippen LogP) is 5.13. The molecule has 0 fully saturated rings. The summed E-state index contributed by atoms with van der Waals surface area (Å²) in [7, 11) is -2.10. The van der Waals surface area contributed by atoms with Gasteiger partial charge in [0.15, 0.2) is 0 Å². The van der Waals surface area contributed by atoms with E-state index in [9.17, 15) is 0 Å². The molecule has 0 aliphatic heterocycles. The summed E-state index contributed by atoms with van der Waals surface area (Å²) >= 11 is 0. The molecular formula is C15H34O2Si. The molecule has 0 amide bonds. The third-order valence-corrected chi connectivity index (χ3v) is 7.85. The van der Waals surface area contributed by atoms with Crippen molar-refractivity contribution in [2.75, 3.05) is 13.2 Å². The highest BCUT2D eigenvalue weighted by atomic mass is 28.4. The molecule has 0 atom stereocenters. The van der Waals surface area contributed by atoms with E-state index >= 15 is 0 Å². The zero-order valence-electron chi connectivity index (χ0n) is 13.6. The van der Waals surface area contributed by atoms with Crippen molar-refractivity contribution in [3.8, 4) is 0 Å². The van der Waals surface area contributed by atoms with Gasteiger partial charge in [-0.1, -0.05) is 48.5 Å². The van der Waals surface area contributed by atoms with Crippen LogP contribution >= 0.6 is 0 Å². The van der Waals surface area contributed by atoms with Crippen molar-refractivity contribution in [2.24, 2.45) is 5.92 Å². The molecule has 110 valence electrons. The van der Waals surface area contributed by atoms with Crippen molar-refractivity contribution < 1.29 is 8.85 Å². The van der Waals surface area contributed by atoms with Crippen LogP contribution < -0.4 is 0 Å². The lowest BCUT2D eigenvalue weighted by atomic mass is 10.2. The first kappa shape index (κ1) is 18.1. The maximum absolute atomic E-state index is 6.31. The molecule has 2 nitrogen and oxygen atoms in total. The Morgan fingerprint density at radius 1 is 0.944 bits per heavy atom. The molecule has 0 aromatic rings. The van der Waals surface area contributed by atoms with Gasteiger partial charge in [0.25, 0.3) is 0 Å². The minimum Gasteiger partial charge on any atom is -0.394 e. The molecule has 0 spiro atoms. The van der Waals surface area contributed by atoms with Gasteiger partial charge in [0, 0.05) is 18.3 Å². The molecule has 0 aromatic heterocycles. The third-order valence-electron chi connectivity index (χ3n) is 3.27. The maximum atomic E-state index is 6.31. The minimum atomic E-state index is -2.10. The maximum Gasteiger partial charge on any atom is 0.343 e. The van der Waals surface area contributed by atoms with Gasteiger partial charge in [-0.2, -0.15) is 0 Å².